The molecule has 0 radical (unpaired) electrons. The van der Waals surface area contributed by atoms with Crippen molar-refractivity contribution in [1.29, 1.82) is 0 Å². The zero-order valence-electron chi connectivity index (χ0n) is 13.1. The first kappa shape index (κ1) is 15.9. The number of pyridine rings is 1. The van der Waals surface area contributed by atoms with Gasteiger partial charge in [0.05, 0.1) is 25.4 Å². The monoisotopic (exact) mass is 304 g/mol. The third-order valence-electron chi connectivity index (χ3n) is 3.36. The maximum absolute atomic E-state index is 11.4. The van der Waals surface area contributed by atoms with Crippen molar-refractivity contribution in [2.45, 2.75) is 19.9 Å². The number of rotatable bonds is 7. The van der Waals surface area contributed by atoms with Crippen LogP contribution in [0.3, 0.4) is 0 Å². The van der Waals surface area contributed by atoms with E-state index in [4.69, 9.17) is 9.47 Å². The van der Waals surface area contributed by atoms with Crippen LogP contribution in [0.5, 0.6) is 11.6 Å². The van der Waals surface area contributed by atoms with Crippen molar-refractivity contribution in [3.8, 4) is 11.6 Å². The lowest BCUT2D eigenvalue weighted by Gasteiger charge is -2.08. The summed E-state index contributed by atoms with van der Waals surface area (Å²) < 4.78 is 17.5. The molecule has 0 saturated carbocycles. The van der Waals surface area contributed by atoms with Gasteiger partial charge in [0.1, 0.15) is 5.52 Å². The fourth-order valence-corrected chi connectivity index (χ4v) is 2.37. The number of fused-ring (bicyclic) bond motifs is 1. The van der Waals surface area contributed by atoms with Gasteiger partial charge >= 0.3 is 5.97 Å². The van der Waals surface area contributed by atoms with E-state index in [1.54, 1.807) is 13.2 Å². The summed E-state index contributed by atoms with van der Waals surface area (Å²) in [7, 11) is 2.89. The first-order chi connectivity index (χ1) is 10.7. The van der Waals surface area contributed by atoms with Crippen LogP contribution in [0.4, 0.5) is 0 Å². The van der Waals surface area contributed by atoms with Crippen LogP contribution in [0.25, 0.3) is 11.0 Å². The van der Waals surface area contributed by atoms with Crippen LogP contribution < -0.4 is 9.47 Å². The Bertz CT molecular complexity index is 691. The van der Waals surface area contributed by atoms with Crippen LogP contribution in [0, 0.1) is 0 Å². The van der Waals surface area contributed by atoms with Crippen LogP contribution in [0.15, 0.2) is 24.8 Å². The van der Waals surface area contributed by atoms with E-state index in [1.807, 2.05) is 19.1 Å². The predicted octanol–water partition coefficient (Wildman–Crippen LogP) is 2.35. The quantitative estimate of drug-likeness (QED) is 0.580. The van der Waals surface area contributed by atoms with E-state index in [9.17, 15) is 4.79 Å². The van der Waals surface area contributed by atoms with Crippen molar-refractivity contribution in [3.63, 3.8) is 0 Å². The molecule has 6 heteroatoms. The molecule has 0 aliphatic heterocycles. The van der Waals surface area contributed by atoms with Crippen LogP contribution in [0.2, 0.25) is 0 Å². The second-order valence-electron chi connectivity index (χ2n) is 4.61. The molecule has 2 aromatic heterocycles. The molecule has 118 valence electrons. The molecule has 0 amide bonds. The number of nitrogens with zero attached hydrogens (tertiary/aromatic N) is 2. The second-order valence-corrected chi connectivity index (χ2v) is 4.61. The van der Waals surface area contributed by atoms with E-state index in [2.05, 4.69) is 20.9 Å². The van der Waals surface area contributed by atoms with Gasteiger partial charge in [0.15, 0.2) is 12.4 Å². The number of allylic oxidation sites excluding steroid dienone is 1. The molecular weight excluding hydrogens is 284 g/mol. The summed E-state index contributed by atoms with van der Waals surface area (Å²) in [5.41, 5.74) is 2.54. The van der Waals surface area contributed by atoms with E-state index in [1.165, 1.54) is 7.11 Å². The standard InChI is InChI=1S/C16H20N2O4/c1-5-9-18-11(6-2)16(22-10-14(19)21-4)15-12(18)7-8-13(17-15)20-3/h5,7-8H,1,6,9-10H2,2-4H3. The minimum absolute atomic E-state index is 0.157. The SMILES string of the molecule is C=CCn1c(CC)c(OCC(=O)OC)c2nc(OC)ccc21. The maximum atomic E-state index is 11.4. The number of aromatic nitrogens is 2. The van der Waals surface area contributed by atoms with Crippen LogP contribution in [-0.4, -0.2) is 36.3 Å². The summed E-state index contributed by atoms with van der Waals surface area (Å²) in [6.45, 7) is 6.29. The van der Waals surface area contributed by atoms with Crippen molar-refractivity contribution in [2.75, 3.05) is 20.8 Å². The molecule has 0 bridgehead atoms. The fourth-order valence-electron chi connectivity index (χ4n) is 2.37. The molecule has 0 unspecified atom stereocenters. The Kier molecular flexibility index (Phi) is 5.04. The molecule has 0 aromatic carbocycles. The highest BCUT2D eigenvalue weighted by molar-refractivity contribution is 5.86. The second kappa shape index (κ2) is 6.98. The molecule has 0 atom stereocenters. The van der Waals surface area contributed by atoms with Gasteiger partial charge in [-0.15, -0.1) is 6.58 Å². The van der Waals surface area contributed by atoms with Gasteiger partial charge in [-0.1, -0.05) is 13.0 Å². The molecule has 6 nitrogen and oxygen atoms in total. The zero-order valence-corrected chi connectivity index (χ0v) is 13.1. The molecule has 22 heavy (non-hydrogen) atoms. The van der Waals surface area contributed by atoms with E-state index in [-0.39, 0.29) is 6.61 Å². The van der Waals surface area contributed by atoms with Gasteiger partial charge in [-0.2, -0.15) is 0 Å². The van der Waals surface area contributed by atoms with Gasteiger partial charge in [-0.25, -0.2) is 9.78 Å². The van der Waals surface area contributed by atoms with E-state index >= 15 is 0 Å². The largest absolute Gasteiger partial charge is 0.481 e. The highest BCUT2D eigenvalue weighted by Crippen LogP contribution is 2.34. The Hall–Kier alpha value is -2.50. The molecular formula is C16H20N2O4. The Labute approximate surface area is 129 Å². The Morgan fingerprint density at radius 3 is 2.77 bits per heavy atom. The summed E-state index contributed by atoms with van der Waals surface area (Å²) in [5, 5.41) is 0. The average Bonchev–Trinajstić information content (AvgIpc) is 2.85. The number of hydrogen-bond acceptors (Lipinski definition) is 5. The Balaban J connectivity index is 2.58. The molecule has 0 aliphatic rings. The van der Waals surface area contributed by atoms with Crippen LogP contribution in [-0.2, 0) is 22.5 Å². The molecule has 0 spiro atoms. The van der Waals surface area contributed by atoms with Crippen molar-refractivity contribution in [3.05, 3.63) is 30.5 Å². The van der Waals surface area contributed by atoms with Crippen molar-refractivity contribution in [1.82, 2.24) is 9.55 Å². The van der Waals surface area contributed by atoms with E-state index < -0.39 is 5.97 Å². The number of esters is 1. The third kappa shape index (κ3) is 2.90. The normalized spacial score (nSPS) is 10.5. The van der Waals surface area contributed by atoms with E-state index in [0.29, 0.717) is 23.7 Å². The molecule has 2 heterocycles. The van der Waals surface area contributed by atoms with E-state index in [0.717, 1.165) is 17.6 Å². The summed E-state index contributed by atoms with van der Waals surface area (Å²) >= 11 is 0. The first-order valence-electron chi connectivity index (χ1n) is 7.02. The molecule has 2 rings (SSSR count). The highest BCUT2D eigenvalue weighted by Gasteiger charge is 2.19. The van der Waals surface area contributed by atoms with Gasteiger partial charge in [-0.3, -0.25) is 0 Å². The lowest BCUT2D eigenvalue weighted by atomic mass is 10.3. The van der Waals surface area contributed by atoms with Crippen LogP contribution in [0.1, 0.15) is 12.6 Å². The summed E-state index contributed by atoms with van der Waals surface area (Å²) in [6.07, 6.45) is 2.55. The topological polar surface area (TPSA) is 62.6 Å². The van der Waals surface area contributed by atoms with Crippen LogP contribution >= 0.6 is 0 Å². The van der Waals surface area contributed by atoms with Gasteiger partial charge in [0.2, 0.25) is 5.88 Å². The Morgan fingerprint density at radius 1 is 1.41 bits per heavy atom. The van der Waals surface area contributed by atoms with Gasteiger partial charge in [-0.05, 0) is 12.5 Å². The molecule has 0 saturated heterocycles. The number of ether oxygens (including phenoxy) is 3. The van der Waals surface area contributed by atoms with Crippen molar-refractivity contribution in [2.24, 2.45) is 0 Å². The number of methoxy groups -OCH3 is 2. The lowest BCUT2D eigenvalue weighted by molar-refractivity contribution is -0.142. The molecule has 0 fully saturated rings. The maximum Gasteiger partial charge on any atom is 0.343 e. The van der Waals surface area contributed by atoms with Gasteiger partial charge in [0, 0.05) is 12.6 Å². The third-order valence-corrected chi connectivity index (χ3v) is 3.36. The molecule has 0 N–H and O–H groups in total. The minimum atomic E-state index is -0.436. The van der Waals surface area contributed by atoms with Gasteiger partial charge < -0.3 is 18.8 Å². The van der Waals surface area contributed by atoms with Crippen molar-refractivity contribution < 1.29 is 19.0 Å². The van der Waals surface area contributed by atoms with Crippen molar-refractivity contribution >= 4 is 17.0 Å². The first-order valence-corrected chi connectivity index (χ1v) is 7.02. The highest BCUT2D eigenvalue weighted by atomic mass is 16.6. The summed E-state index contributed by atoms with van der Waals surface area (Å²) in [4.78, 5) is 15.8. The zero-order chi connectivity index (χ0) is 16.1. The average molecular weight is 304 g/mol. The number of carbonyl (C=O) groups excluding carboxylic acids is 1. The fraction of sp³-hybridized carbons (Fsp3) is 0.375. The Morgan fingerprint density at radius 2 is 2.18 bits per heavy atom. The van der Waals surface area contributed by atoms with Gasteiger partial charge in [0.25, 0.3) is 0 Å². The minimum Gasteiger partial charge on any atom is -0.481 e. The number of hydrogen-bond donors (Lipinski definition) is 0. The molecule has 2 aromatic rings. The summed E-state index contributed by atoms with van der Waals surface area (Å²) in [6, 6.07) is 3.72. The predicted molar refractivity (Wildman–Crippen MR) is 83.4 cm³/mol. The molecule has 0 aliphatic carbocycles. The summed E-state index contributed by atoms with van der Waals surface area (Å²) in [5.74, 6) is 0.645. The smallest absolute Gasteiger partial charge is 0.343 e. The number of carbonyl (C=O) groups is 1. The lowest BCUT2D eigenvalue weighted by Crippen LogP contribution is -2.13.